The van der Waals surface area contributed by atoms with Crippen LogP contribution in [-0.2, 0) is 6.18 Å². The third-order valence-corrected chi connectivity index (χ3v) is 5.22. The molecule has 3 aromatic rings. The minimum absolute atomic E-state index is 0.00671. The quantitative estimate of drug-likeness (QED) is 0.469. The van der Waals surface area contributed by atoms with Gasteiger partial charge in [0.25, 0.3) is 0 Å². The van der Waals surface area contributed by atoms with Crippen LogP contribution in [0.1, 0.15) is 17.5 Å². The summed E-state index contributed by atoms with van der Waals surface area (Å²) in [6.07, 6.45) is -3.55. The first kappa shape index (κ1) is 21.5. The summed E-state index contributed by atoms with van der Waals surface area (Å²) in [5.41, 5.74) is 1.24. The van der Waals surface area contributed by atoms with Gasteiger partial charge in [0.15, 0.2) is 5.82 Å². The summed E-state index contributed by atoms with van der Waals surface area (Å²) in [5.74, 6) is 0.892. The van der Waals surface area contributed by atoms with Crippen LogP contribution >= 0.6 is 15.9 Å². The Morgan fingerprint density at radius 2 is 1.86 bits per heavy atom. The van der Waals surface area contributed by atoms with Crippen LogP contribution < -0.4 is 5.32 Å². The molecule has 0 saturated heterocycles. The molecule has 0 saturated carbocycles. The number of aryl methyl sites for hydroxylation is 1. The van der Waals surface area contributed by atoms with Gasteiger partial charge in [0.1, 0.15) is 5.82 Å². The Morgan fingerprint density at radius 3 is 2.55 bits per heavy atom. The fourth-order valence-corrected chi connectivity index (χ4v) is 3.51. The van der Waals surface area contributed by atoms with Gasteiger partial charge in [0.2, 0.25) is 0 Å². The molecule has 0 radical (unpaired) electrons. The van der Waals surface area contributed by atoms with E-state index >= 15 is 0 Å². The summed E-state index contributed by atoms with van der Waals surface area (Å²) in [7, 11) is 4.01. The van der Waals surface area contributed by atoms with Crippen molar-refractivity contribution in [1.29, 1.82) is 0 Å². The molecule has 0 fully saturated rings. The zero-order valence-corrected chi connectivity index (χ0v) is 18.0. The fraction of sp³-hybridized carbons (Fsp3) is 0.333. The van der Waals surface area contributed by atoms with Crippen molar-refractivity contribution in [3.8, 4) is 11.4 Å². The standard InChI is InChI=1S/C21H22BrF3N4/c1-13-6-4-7-15-18(13)27-19(28-20(15)26-10-5-11-29(2)3)14-8-9-17(22)16(12-14)21(23,24)25/h4,6-9,12H,5,10-11H2,1-3H3,(H,26,27,28). The Morgan fingerprint density at radius 1 is 1.10 bits per heavy atom. The molecule has 1 heterocycles. The molecule has 29 heavy (non-hydrogen) atoms. The van der Waals surface area contributed by atoms with Crippen molar-refractivity contribution in [3.63, 3.8) is 0 Å². The monoisotopic (exact) mass is 466 g/mol. The Bertz CT molecular complexity index is 1020. The molecule has 1 aromatic heterocycles. The van der Waals surface area contributed by atoms with Gasteiger partial charge in [0, 0.05) is 22.0 Å². The van der Waals surface area contributed by atoms with E-state index in [0.717, 1.165) is 35.5 Å². The Balaban J connectivity index is 2.06. The maximum Gasteiger partial charge on any atom is 0.417 e. The smallest absolute Gasteiger partial charge is 0.369 e. The molecule has 0 spiro atoms. The van der Waals surface area contributed by atoms with Gasteiger partial charge in [-0.3, -0.25) is 0 Å². The summed E-state index contributed by atoms with van der Waals surface area (Å²) in [5, 5.41) is 4.18. The first-order chi connectivity index (χ1) is 13.7. The number of anilines is 1. The predicted octanol–water partition coefficient (Wildman–Crippen LogP) is 5.75. The summed E-state index contributed by atoms with van der Waals surface area (Å²) < 4.78 is 40.0. The van der Waals surface area contributed by atoms with Crippen LogP contribution in [0.15, 0.2) is 40.9 Å². The van der Waals surface area contributed by atoms with Gasteiger partial charge in [-0.05, 0) is 57.7 Å². The Kier molecular flexibility index (Phi) is 6.43. The van der Waals surface area contributed by atoms with Crippen molar-refractivity contribution >= 4 is 32.7 Å². The molecule has 1 N–H and O–H groups in total. The lowest BCUT2D eigenvalue weighted by Gasteiger charge is -2.15. The molecule has 0 amide bonds. The van der Waals surface area contributed by atoms with Crippen LogP contribution in [0.4, 0.5) is 19.0 Å². The largest absolute Gasteiger partial charge is 0.417 e. The average Bonchev–Trinajstić information content (AvgIpc) is 2.65. The van der Waals surface area contributed by atoms with Crippen LogP contribution in [0.2, 0.25) is 0 Å². The van der Waals surface area contributed by atoms with Crippen LogP contribution in [-0.4, -0.2) is 42.1 Å². The molecule has 8 heteroatoms. The second-order valence-corrected chi connectivity index (χ2v) is 8.00. The van der Waals surface area contributed by atoms with E-state index in [-0.39, 0.29) is 10.3 Å². The number of para-hydroxylation sites is 1. The maximum atomic E-state index is 13.3. The van der Waals surface area contributed by atoms with Crippen LogP contribution in [0.25, 0.3) is 22.3 Å². The first-order valence-corrected chi connectivity index (χ1v) is 9.99. The third-order valence-electron chi connectivity index (χ3n) is 4.53. The number of hydrogen-bond donors (Lipinski definition) is 1. The van der Waals surface area contributed by atoms with E-state index in [1.807, 2.05) is 39.2 Å². The van der Waals surface area contributed by atoms with Crippen molar-refractivity contribution in [2.75, 3.05) is 32.5 Å². The highest BCUT2D eigenvalue weighted by Crippen LogP contribution is 2.37. The number of fused-ring (bicyclic) bond motifs is 1. The van der Waals surface area contributed by atoms with Gasteiger partial charge in [-0.15, -0.1) is 0 Å². The zero-order chi connectivity index (χ0) is 21.2. The molecule has 154 valence electrons. The van der Waals surface area contributed by atoms with Gasteiger partial charge < -0.3 is 10.2 Å². The lowest BCUT2D eigenvalue weighted by Crippen LogP contribution is -2.17. The second kappa shape index (κ2) is 8.67. The van der Waals surface area contributed by atoms with E-state index in [2.05, 4.69) is 36.1 Å². The number of alkyl halides is 3. The number of nitrogens with zero attached hydrogens (tertiary/aromatic N) is 3. The van der Waals surface area contributed by atoms with Crippen LogP contribution in [0.3, 0.4) is 0 Å². The lowest BCUT2D eigenvalue weighted by molar-refractivity contribution is -0.138. The minimum atomic E-state index is -4.46. The van der Waals surface area contributed by atoms with E-state index < -0.39 is 11.7 Å². The zero-order valence-electron chi connectivity index (χ0n) is 16.4. The number of nitrogens with one attached hydrogen (secondary N) is 1. The summed E-state index contributed by atoms with van der Waals surface area (Å²) in [6.45, 7) is 3.55. The molecular formula is C21H22BrF3N4. The molecule has 0 aliphatic carbocycles. The van der Waals surface area contributed by atoms with Gasteiger partial charge in [-0.25, -0.2) is 9.97 Å². The molecule has 3 rings (SSSR count). The highest BCUT2D eigenvalue weighted by atomic mass is 79.9. The Hall–Kier alpha value is -2.19. The van der Waals surface area contributed by atoms with E-state index in [4.69, 9.17) is 0 Å². The van der Waals surface area contributed by atoms with Crippen LogP contribution in [0.5, 0.6) is 0 Å². The van der Waals surface area contributed by atoms with Gasteiger partial charge in [-0.2, -0.15) is 13.2 Å². The fourth-order valence-electron chi connectivity index (χ4n) is 3.04. The predicted molar refractivity (Wildman–Crippen MR) is 114 cm³/mol. The van der Waals surface area contributed by atoms with Gasteiger partial charge in [-0.1, -0.05) is 34.1 Å². The van der Waals surface area contributed by atoms with Gasteiger partial charge >= 0.3 is 6.18 Å². The normalized spacial score (nSPS) is 12.0. The first-order valence-electron chi connectivity index (χ1n) is 9.20. The molecular weight excluding hydrogens is 445 g/mol. The van der Waals surface area contributed by atoms with Gasteiger partial charge in [0.05, 0.1) is 11.1 Å². The number of rotatable bonds is 6. The van der Waals surface area contributed by atoms with Crippen molar-refractivity contribution < 1.29 is 13.2 Å². The number of halogens is 4. The number of benzene rings is 2. The maximum absolute atomic E-state index is 13.3. The topological polar surface area (TPSA) is 41.0 Å². The van der Waals surface area contributed by atoms with Crippen molar-refractivity contribution in [2.24, 2.45) is 0 Å². The molecule has 0 bridgehead atoms. The SMILES string of the molecule is Cc1cccc2c(NCCCN(C)C)nc(-c3ccc(Br)c(C(F)(F)F)c3)nc12. The lowest BCUT2D eigenvalue weighted by atomic mass is 10.1. The number of aromatic nitrogens is 2. The average molecular weight is 467 g/mol. The van der Waals surface area contributed by atoms with Crippen molar-refractivity contribution in [1.82, 2.24) is 14.9 Å². The van der Waals surface area contributed by atoms with Crippen molar-refractivity contribution in [2.45, 2.75) is 19.5 Å². The van der Waals surface area contributed by atoms with Crippen LogP contribution in [0, 0.1) is 6.92 Å². The highest BCUT2D eigenvalue weighted by molar-refractivity contribution is 9.10. The molecule has 2 aromatic carbocycles. The molecule has 0 aliphatic rings. The number of hydrogen-bond acceptors (Lipinski definition) is 4. The third kappa shape index (κ3) is 5.05. The van der Waals surface area contributed by atoms with E-state index in [1.165, 1.54) is 6.07 Å². The molecule has 0 atom stereocenters. The molecule has 0 aliphatic heterocycles. The minimum Gasteiger partial charge on any atom is -0.369 e. The van der Waals surface area contributed by atoms with Crippen molar-refractivity contribution in [3.05, 3.63) is 52.0 Å². The summed E-state index contributed by atoms with van der Waals surface area (Å²) in [6, 6.07) is 9.83. The summed E-state index contributed by atoms with van der Waals surface area (Å²) >= 11 is 2.98. The molecule has 0 unspecified atom stereocenters. The van der Waals surface area contributed by atoms with E-state index in [0.29, 0.717) is 17.9 Å². The van der Waals surface area contributed by atoms with E-state index in [9.17, 15) is 13.2 Å². The molecule has 4 nitrogen and oxygen atoms in total. The summed E-state index contributed by atoms with van der Waals surface area (Å²) in [4.78, 5) is 11.2. The Labute approximate surface area is 176 Å². The van der Waals surface area contributed by atoms with E-state index in [1.54, 1.807) is 6.07 Å². The highest BCUT2D eigenvalue weighted by Gasteiger charge is 2.33. The second-order valence-electron chi connectivity index (χ2n) is 7.14.